The number of aromatic nitrogens is 2. The number of carbonyl (C=O) groups is 2. The molecule has 3 N–H and O–H groups in total. The number of nitrogens with zero attached hydrogens (tertiary/aromatic N) is 3. The van der Waals surface area contributed by atoms with Crippen molar-refractivity contribution in [2.45, 2.75) is 38.1 Å². The zero-order valence-corrected chi connectivity index (χ0v) is 24.8. The number of halogens is 1. The Kier molecular flexibility index (Phi) is 9.94. The highest BCUT2D eigenvalue weighted by atomic mass is 32.2. The summed E-state index contributed by atoms with van der Waals surface area (Å²) in [5, 5.41) is 16.8. The van der Waals surface area contributed by atoms with E-state index < -0.39 is 45.8 Å². The first kappa shape index (κ1) is 31.4. The van der Waals surface area contributed by atoms with E-state index in [0.717, 1.165) is 16.1 Å². The minimum Gasteiger partial charge on any atom is -0.389 e. The van der Waals surface area contributed by atoms with Crippen molar-refractivity contribution in [1.82, 2.24) is 20.2 Å². The van der Waals surface area contributed by atoms with Gasteiger partial charge in [0.15, 0.2) is 0 Å². The molecule has 0 fully saturated rings. The second-order valence-corrected chi connectivity index (χ2v) is 12.4. The Labute approximate surface area is 250 Å². The molecule has 0 radical (unpaired) electrons. The van der Waals surface area contributed by atoms with Crippen molar-refractivity contribution in [3.63, 3.8) is 0 Å². The van der Waals surface area contributed by atoms with Crippen LogP contribution in [-0.4, -0.2) is 60.3 Å². The van der Waals surface area contributed by atoms with E-state index in [1.807, 2.05) is 30.3 Å². The number of aliphatic hydroxyl groups is 1. The van der Waals surface area contributed by atoms with Crippen molar-refractivity contribution in [2.24, 2.45) is 0 Å². The lowest BCUT2D eigenvalue weighted by atomic mass is 10.00. The van der Waals surface area contributed by atoms with Crippen molar-refractivity contribution in [3.05, 3.63) is 120 Å². The molecular weight excluding hydrogens is 573 g/mol. The molecule has 1 heterocycles. The maximum atomic E-state index is 13.7. The summed E-state index contributed by atoms with van der Waals surface area (Å²) in [5.41, 5.74) is 1.73. The van der Waals surface area contributed by atoms with E-state index in [9.17, 15) is 27.5 Å². The first-order valence-corrected chi connectivity index (χ1v) is 15.4. The standard InChI is InChI=1S/C31H34FN5O5S/c1-21(23-9-11-26(32)12-10-23)34-30(39)24-16-25(18-27(17-24)36(2)43(3,41)42)31(40)35-28(15-22-7-5-4-6-8-22)29(38)19-37-14-13-33-20-37/h4-14,16-18,20-21,28-29,38H,15,19H2,1-3H3,(H,34,39)(H,35,40)/t21-,28+,29+/m1/s1. The molecule has 0 bridgehead atoms. The number of imidazole rings is 1. The number of hydrogen-bond acceptors (Lipinski definition) is 6. The highest BCUT2D eigenvalue weighted by Gasteiger charge is 2.25. The van der Waals surface area contributed by atoms with Gasteiger partial charge in [-0.15, -0.1) is 0 Å². The molecule has 0 aliphatic heterocycles. The van der Waals surface area contributed by atoms with Gasteiger partial charge in [0.2, 0.25) is 10.0 Å². The number of sulfonamides is 1. The van der Waals surface area contributed by atoms with Crippen LogP contribution in [0.5, 0.6) is 0 Å². The van der Waals surface area contributed by atoms with Crippen LogP contribution in [0.15, 0.2) is 91.5 Å². The van der Waals surface area contributed by atoms with Crippen LogP contribution in [0.1, 0.15) is 44.8 Å². The Morgan fingerprint density at radius 3 is 2.21 bits per heavy atom. The van der Waals surface area contributed by atoms with Crippen molar-refractivity contribution >= 4 is 27.5 Å². The lowest BCUT2D eigenvalue weighted by molar-refractivity contribution is 0.0791. The first-order chi connectivity index (χ1) is 20.4. The molecular formula is C31H34FN5O5S. The molecule has 3 aromatic carbocycles. The predicted octanol–water partition coefficient (Wildman–Crippen LogP) is 3.31. The summed E-state index contributed by atoms with van der Waals surface area (Å²) in [6.45, 7) is 1.89. The molecule has 226 valence electrons. The van der Waals surface area contributed by atoms with Gasteiger partial charge in [0, 0.05) is 30.6 Å². The number of anilines is 1. The summed E-state index contributed by atoms with van der Waals surface area (Å²) in [4.78, 5) is 31.0. The summed E-state index contributed by atoms with van der Waals surface area (Å²) in [5.74, 6) is -1.57. The predicted molar refractivity (Wildman–Crippen MR) is 162 cm³/mol. The van der Waals surface area contributed by atoms with Gasteiger partial charge in [0.05, 0.1) is 43.0 Å². The van der Waals surface area contributed by atoms with E-state index >= 15 is 0 Å². The van der Waals surface area contributed by atoms with Gasteiger partial charge < -0.3 is 20.3 Å². The summed E-state index contributed by atoms with van der Waals surface area (Å²) < 4.78 is 40.8. The second kappa shape index (κ2) is 13.6. The maximum Gasteiger partial charge on any atom is 0.251 e. The van der Waals surface area contributed by atoms with Gasteiger partial charge in [-0.25, -0.2) is 17.8 Å². The van der Waals surface area contributed by atoms with Gasteiger partial charge >= 0.3 is 0 Å². The fraction of sp³-hybridized carbons (Fsp3) is 0.258. The molecule has 0 spiro atoms. The first-order valence-electron chi connectivity index (χ1n) is 13.5. The third kappa shape index (κ3) is 8.49. The molecule has 0 saturated heterocycles. The monoisotopic (exact) mass is 607 g/mol. The quantitative estimate of drug-likeness (QED) is 0.226. The zero-order chi connectivity index (χ0) is 31.1. The fourth-order valence-electron chi connectivity index (χ4n) is 4.50. The molecule has 12 heteroatoms. The molecule has 4 aromatic rings. The average molecular weight is 608 g/mol. The van der Waals surface area contributed by atoms with E-state index in [-0.39, 0.29) is 23.4 Å². The molecule has 4 rings (SSSR count). The van der Waals surface area contributed by atoms with Gasteiger partial charge in [-0.2, -0.15) is 0 Å². The van der Waals surface area contributed by atoms with Crippen LogP contribution in [0.25, 0.3) is 0 Å². The van der Waals surface area contributed by atoms with E-state index in [2.05, 4.69) is 15.6 Å². The number of hydrogen-bond donors (Lipinski definition) is 3. The largest absolute Gasteiger partial charge is 0.389 e. The second-order valence-electron chi connectivity index (χ2n) is 10.3. The SMILES string of the molecule is C[C@@H](NC(=O)c1cc(C(=O)N[C@@H](Cc2ccccc2)[C@@H](O)Cn2ccnc2)cc(N(C)S(C)(=O)=O)c1)c1ccc(F)cc1. The number of amides is 2. The highest BCUT2D eigenvalue weighted by molar-refractivity contribution is 7.92. The van der Waals surface area contributed by atoms with Crippen LogP contribution in [0, 0.1) is 5.82 Å². The Morgan fingerprint density at radius 1 is 1.00 bits per heavy atom. The van der Waals surface area contributed by atoms with Crippen molar-refractivity contribution in [3.8, 4) is 0 Å². The zero-order valence-electron chi connectivity index (χ0n) is 24.0. The van der Waals surface area contributed by atoms with Crippen molar-refractivity contribution in [2.75, 3.05) is 17.6 Å². The number of aliphatic hydroxyl groups excluding tert-OH is 1. The highest BCUT2D eigenvalue weighted by Crippen LogP contribution is 2.22. The minimum atomic E-state index is -3.73. The van der Waals surface area contributed by atoms with Crippen LogP contribution in [0.2, 0.25) is 0 Å². The van der Waals surface area contributed by atoms with Crippen molar-refractivity contribution < 1.29 is 27.5 Å². The van der Waals surface area contributed by atoms with Crippen molar-refractivity contribution in [1.29, 1.82) is 0 Å². The third-order valence-electron chi connectivity index (χ3n) is 7.06. The van der Waals surface area contributed by atoms with E-state index in [0.29, 0.717) is 12.0 Å². The van der Waals surface area contributed by atoms with Gasteiger partial charge in [0.1, 0.15) is 5.82 Å². The number of benzene rings is 3. The Bertz CT molecular complexity index is 1650. The van der Waals surface area contributed by atoms with Gasteiger partial charge in [-0.1, -0.05) is 42.5 Å². The molecule has 1 aromatic heterocycles. The molecule has 3 atom stereocenters. The maximum absolute atomic E-state index is 13.7. The van der Waals surface area contributed by atoms with E-state index in [1.54, 1.807) is 42.3 Å². The topological polar surface area (TPSA) is 134 Å². The molecule has 0 saturated carbocycles. The molecule has 0 aliphatic carbocycles. The van der Waals surface area contributed by atoms with Crippen LogP contribution in [0.3, 0.4) is 0 Å². The summed E-state index contributed by atoms with van der Waals surface area (Å²) in [6.07, 6.45) is 5.18. The van der Waals surface area contributed by atoms with Gasteiger partial charge in [-0.3, -0.25) is 13.9 Å². The lowest BCUT2D eigenvalue weighted by Crippen LogP contribution is -2.46. The van der Waals surface area contributed by atoms with E-state index in [4.69, 9.17) is 0 Å². The smallest absolute Gasteiger partial charge is 0.251 e. The number of nitrogens with one attached hydrogen (secondary N) is 2. The fourth-order valence-corrected chi connectivity index (χ4v) is 4.99. The van der Waals surface area contributed by atoms with Gasteiger partial charge in [-0.05, 0) is 54.8 Å². The average Bonchev–Trinajstić information content (AvgIpc) is 3.49. The molecule has 10 nitrogen and oxygen atoms in total. The molecule has 43 heavy (non-hydrogen) atoms. The lowest BCUT2D eigenvalue weighted by Gasteiger charge is -2.25. The number of carbonyl (C=O) groups excluding carboxylic acids is 2. The Morgan fingerprint density at radius 2 is 1.63 bits per heavy atom. The molecule has 0 unspecified atom stereocenters. The van der Waals surface area contributed by atoms with Crippen LogP contribution in [-0.2, 0) is 23.0 Å². The van der Waals surface area contributed by atoms with Crippen LogP contribution < -0.4 is 14.9 Å². The van der Waals surface area contributed by atoms with Gasteiger partial charge in [0.25, 0.3) is 11.8 Å². The normalized spacial score (nSPS) is 13.5. The summed E-state index contributed by atoms with van der Waals surface area (Å²) in [6, 6.07) is 17.9. The van der Waals surface area contributed by atoms with Crippen LogP contribution in [0.4, 0.5) is 10.1 Å². The minimum absolute atomic E-state index is 0.0282. The molecule has 0 aliphatic rings. The summed E-state index contributed by atoms with van der Waals surface area (Å²) >= 11 is 0. The Hall–Kier alpha value is -4.55. The van der Waals surface area contributed by atoms with E-state index in [1.165, 1.54) is 37.4 Å². The molecule has 2 amide bonds. The van der Waals surface area contributed by atoms with Crippen LogP contribution >= 0.6 is 0 Å². The number of rotatable bonds is 12. The third-order valence-corrected chi connectivity index (χ3v) is 8.26. The Balaban J connectivity index is 1.63. The summed E-state index contributed by atoms with van der Waals surface area (Å²) in [7, 11) is -2.41.